The number of rotatable bonds is 3. The molecule has 114 valence electrons. The Morgan fingerprint density at radius 2 is 2.00 bits per heavy atom. The Labute approximate surface area is 124 Å². The Morgan fingerprint density at radius 3 is 2.67 bits per heavy atom. The summed E-state index contributed by atoms with van der Waals surface area (Å²) < 4.78 is 2.10. The fraction of sp³-hybridized carbons (Fsp3) is 0.600. The molecule has 0 spiro atoms. The zero-order valence-corrected chi connectivity index (χ0v) is 12.1. The van der Waals surface area contributed by atoms with Crippen LogP contribution in [0.1, 0.15) is 48.6 Å². The van der Waals surface area contributed by atoms with Crippen molar-refractivity contribution in [2.24, 2.45) is 5.73 Å². The molecule has 3 amide bonds. The van der Waals surface area contributed by atoms with Crippen molar-refractivity contribution in [1.82, 2.24) is 14.8 Å². The van der Waals surface area contributed by atoms with E-state index in [2.05, 4.69) is 9.88 Å². The highest BCUT2D eigenvalue weighted by Crippen LogP contribution is 2.30. The minimum absolute atomic E-state index is 0.00284. The van der Waals surface area contributed by atoms with Crippen LogP contribution in [0.15, 0.2) is 18.3 Å². The van der Waals surface area contributed by atoms with E-state index < -0.39 is 6.03 Å². The Morgan fingerprint density at radius 1 is 1.24 bits per heavy atom. The van der Waals surface area contributed by atoms with Crippen LogP contribution in [0.5, 0.6) is 0 Å². The van der Waals surface area contributed by atoms with E-state index in [1.165, 1.54) is 12.8 Å². The fourth-order valence-electron chi connectivity index (χ4n) is 3.42. The summed E-state index contributed by atoms with van der Waals surface area (Å²) in [7, 11) is 0. The quantitative estimate of drug-likeness (QED) is 0.884. The minimum Gasteiger partial charge on any atom is -0.351 e. The molecule has 0 unspecified atom stereocenters. The van der Waals surface area contributed by atoms with E-state index in [9.17, 15) is 9.59 Å². The Kier molecular flexibility index (Phi) is 3.86. The number of amides is 3. The van der Waals surface area contributed by atoms with E-state index in [0.29, 0.717) is 19.1 Å². The first-order valence-electron chi connectivity index (χ1n) is 7.67. The topological polar surface area (TPSA) is 80.4 Å². The second-order valence-electron chi connectivity index (χ2n) is 5.98. The van der Waals surface area contributed by atoms with Crippen molar-refractivity contribution in [3.8, 4) is 0 Å². The molecule has 1 aromatic rings. The summed E-state index contributed by atoms with van der Waals surface area (Å²) >= 11 is 0. The van der Waals surface area contributed by atoms with Crippen molar-refractivity contribution in [3.63, 3.8) is 0 Å². The second kappa shape index (κ2) is 5.79. The number of nitrogens with zero attached hydrogens (tertiary/aromatic N) is 2. The first-order valence-corrected chi connectivity index (χ1v) is 7.67. The number of hydrogen-bond donors (Lipinski definition) is 2. The maximum absolute atomic E-state index is 12.4. The van der Waals surface area contributed by atoms with Crippen LogP contribution in [0.4, 0.5) is 4.79 Å². The largest absolute Gasteiger partial charge is 0.351 e. The van der Waals surface area contributed by atoms with Crippen molar-refractivity contribution in [1.29, 1.82) is 0 Å². The molecule has 1 saturated heterocycles. The van der Waals surface area contributed by atoms with E-state index >= 15 is 0 Å². The molecule has 1 saturated carbocycles. The average Bonchev–Trinajstić information content (AvgIpc) is 3.19. The number of carbonyl (C=O) groups is 2. The van der Waals surface area contributed by atoms with E-state index in [0.717, 1.165) is 25.0 Å². The highest BCUT2D eigenvalue weighted by molar-refractivity contribution is 5.93. The number of carbonyl (C=O) groups excluding carboxylic acids is 2. The van der Waals surface area contributed by atoms with Crippen LogP contribution in [0.25, 0.3) is 0 Å². The van der Waals surface area contributed by atoms with E-state index in [-0.39, 0.29) is 11.9 Å². The average molecular weight is 290 g/mol. The van der Waals surface area contributed by atoms with Crippen LogP contribution in [0.3, 0.4) is 0 Å². The lowest BCUT2D eigenvalue weighted by atomic mass is 10.2. The summed E-state index contributed by atoms with van der Waals surface area (Å²) in [5.74, 6) is -0.0526. The normalized spacial score (nSPS) is 22.7. The molecule has 3 rings (SSSR count). The number of nitrogens with one attached hydrogen (secondary N) is 1. The monoisotopic (exact) mass is 290 g/mol. The van der Waals surface area contributed by atoms with Crippen molar-refractivity contribution < 1.29 is 9.59 Å². The lowest BCUT2D eigenvalue weighted by Crippen LogP contribution is -2.40. The maximum atomic E-state index is 12.4. The summed E-state index contributed by atoms with van der Waals surface area (Å²) in [6, 6.07) is 3.83. The zero-order valence-electron chi connectivity index (χ0n) is 12.1. The first-order chi connectivity index (χ1) is 10.1. The number of primary amides is 1. The van der Waals surface area contributed by atoms with Crippen LogP contribution in [-0.4, -0.2) is 40.5 Å². The van der Waals surface area contributed by atoms with Gasteiger partial charge in [-0.2, -0.15) is 0 Å². The summed E-state index contributed by atoms with van der Waals surface area (Å²) in [6.07, 6.45) is 7.52. The summed E-state index contributed by atoms with van der Waals surface area (Å²) in [5.41, 5.74) is 5.98. The van der Waals surface area contributed by atoms with E-state index in [4.69, 9.17) is 5.73 Å². The number of likely N-dealkylation sites (tertiary alicyclic amines) is 1. The third-order valence-electron chi connectivity index (χ3n) is 4.56. The Hall–Kier alpha value is -1.98. The molecular formula is C15H22N4O2. The third-order valence-corrected chi connectivity index (χ3v) is 4.56. The predicted molar refractivity (Wildman–Crippen MR) is 79.0 cm³/mol. The van der Waals surface area contributed by atoms with Gasteiger partial charge in [0.2, 0.25) is 0 Å². The molecule has 6 nitrogen and oxygen atoms in total. The number of nitrogens with two attached hydrogens (primary N) is 1. The van der Waals surface area contributed by atoms with Crippen LogP contribution >= 0.6 is 0 Å². The fourth-order valence-corrected chi connectivity index (χ4v) is 3.42. The van der Waals surface area contributed by atoms with Gasteiger partial charge in [0.15, 0.2) is 0 Å². The van der Waals surface area contributed by atoms with Gasteiger partial charge in [0.25, 0.3) is 5.91 Å². The molecule has 21 heavy (non-hydrogen) atoms. The molecule has 1 aliphatic heterocycles. The van der Waals surface area contributed by atoms with Crippen molar-refractivity contribution in [2.75, 3.05) is 13.1 Å². The molecule has 2 aliphatic rings. The maximum Gasteiger partial charge on any atom is 0.314 e. The lowest BCUT2D eigenvalue weighted by molar-refractivity contribution is 0.0926. The van der Waals surface area contributed by atoms with Gasteiger partial charge in [-0.3, -0.25) is 4.79 Å². The predicted octanol–water partition coefficient (Wildman–Crippen LogP) is 1.49. The van der Waals surface area contributed by atoms with Gasteiger partial charge in [-0.05, 0) is 31.4 Å². The number of urea groups is 1. The third kappa shape index (κ3) is 2.89. The van der Waals surface area contributed by atoms with E-state index in [1.807, 2.05) is 18.3 Å². The minimum atomic E-state index is -0.416. The van der Waals surface area contributed by atoms with Gasteiger partial charge in [-0.25, -0.2) is 4.79 Å². The SMILES string of the molecule is NC(=O)N1CC[C@@H](NC(=O)c2cccn2C2CCCC2)C1. The molecular weight excluding hydrogens is 268 g/mol. The number of hydrogen-bond acceptors (Lipinski definition) is 2. The molecule has 6 heteroatoms. The zero-order chi connectivity index (χ0) is 14.8. The van der Waals surface area contributed by atoms with Gasteiger partial charge in [0, 0.05) is 31.4 Å². The van der Waals surface area contributed by atoms with Gasteiger partial charge in [0.1, 0.15) is 5.69 Å². The molecule has 2 heterocycles. The molecule has 1 aromatic heterocycles. The molecule has 0 bridgehead atoms. The smallest absolute Gasteiger partial charge is 0.314 e. The van der Waals surface area contributed by atoms with E-state index in [1.54, 1.807) is 4.90 Å². The lowest BCUT2D eigenvalue weighted by Gasteiger charge is -2.18. The molecule has 0 radical (unpaired) electrons. The summed E-state index contributed by atoms with van der Waals surface area (Å²) in [4.78, 5) is 25.1. The molecule has 1 atom stereocenters. The highest BCUT2D eigenvalue weighted by atomic mass is 16.2. The van der Waals surface area contributed by atoms with Crippen molar-refractivity contribution in [3.05, 3.63) is 24.0 Å². The van der Waals surface area contributed by atoms with Crippen LogP contribution < -0.4 is 11.1 Å². The first kappa shape index (κ1) is 14.0. The Bertz CT molecular complexity index is 534. The summed E-state index contributed by atoms with van der Waals surface area (Å²) in [5, 5.41) is 3.02. The molecule has 3 N–H and O–H groups in total. The van der Waals surface area contributed by atoms with Gasteiger partial charge < -0.3 is 20.5 Å². The molecule has 0 aromatic carbocycles. The summed E-state index contributed by atoms with van der Waals surface area (Å²) in [6.45, 7) is 1.12. The number of aromatic nitrogens is 1. The molecule has 1 aliphatic carbocycles. The highest BCUT2D eigenvalue weighted by Gasteiger charge is 2.28. The van der Waals surface area contributed by atoms with Crippen LogP contribution in [0, 0.1) is 0 Å². The standard InChI is InChI=1S/C15H22N4O2/c16-15(21)18-9-7-11(10-18)17-14(20)13-6-3-8-19(13)12-4-1-2-5-12/h3,6,8,11-12H,1-2,4-5,7,9-10H2,(H2,16,21)(H,17,20)/t11-/m1/s1. The van der Waals surface area contributed by atoms with Crippen molar-refractivity contribution >= 4 is 11.9 Å². The van der Waals surface area contributed by atoms with Gasteiger partial charge in [0.05, 0.1) is 0 Å². The van der Waals surface area contributed by atoms with Crippen LogP contribution in [0.2, 0.25) is 0 Å². The Balaban J connectivity index is 1.64. The van der Waals surface area contributed by atoms with Gasteiger partial charge in [-0.15, -0.1) is 0 Å². The molecule has 2 fully saturated rings. The van der Waals surface area contributed by atoms with Crippen molar-refractivity contribution in [2.45, 2.75) is 44.2 Å². The van der Waals surface area contributed by atoms with Crippen LogP contribution in [-0.2, 0) is 0 Å². The van der Waals surface area contributed by atoms with Gasteiger partial charge in [-0.1, -0.05) is 12.8 Å². The van der Waals surface area contributed by atoms with Gasteiger partial charge >= 0.3 is 6.03 Å². The second-order valence-corrected chi connectivity index (χ2v) is 5.98.